The second-order valence-corrected chi connectivity index (χ2v) is 7.40. The first kappa shape index (κ1) is 19.0. The van der Waals surface area contributed by atoms with Crippen LogP contribution in [0.25, 0.3) is 0 Å². The lowest BCUT2D eigenvalue weighted by Crippen LogP contribution is -2.44. The second-order valence-electron chi connectivity index (χ2n) is 7.40. The summed E-state index contributed by atoms with van der Waals surface area (Å²) in [5, 5.41) is 5.90. The number of rotatable bonds is 5. The van der Waals surface area contributed by atoms with Gasteiger partial charge in [-0.3, -0.25) is 4.90 Å². The molecule has 2 N–H and O–H groups in total. The normalized spacial score (nSPS) is 19.3. The number of likely N-dealkylation sites (tertiary alicyclic amines) is 1. The molecular formula is C19H26F3N3O. The molecule has 0 saturated carbocycles. The number of benzene rings is 1. The van der Waals surface area contributed by atoms with Crippen LogP contribution in [-0.2, 0) is 12.8 Å². The van der Waals surface area contributed by atoms with Crippen LogP contribution in [0.2, 0.25) is 0 Å². The van der Waals surface area contributed by atoms with Gasteiger partial charge in [-0.15, -0.1) is 0 Å². The van der Waals surface area contributed by atoms with Gasteiger partial charge in [0, 0.05) is 12.6 Å². The van der Waals surface area contributed by atoms with Crippen molar-refractivity contribution in [1.29, 1.82) is 0 Å². The number of fused-ring (bicyclic) bond motifs is 1. The Morgan fingerprint density at radius 2 is 1.73 bits per heavy atom. The van der Waals surface area contributed by atoms with Gasteiger partial charge >= 0.3 is 12.2 Å². The Balaban J connectivity index is 1.29. The highest BCUT2D eigenvalue weighted by Gasteiger charge is 2.32. The van der Waals surface area contributed by atoms with Crippen molar-refractivity contribution in [2.24, 2.45) is 5.92 Å². The average molecular weight is 369 g/mol. The lowest BCUT2D eigenvalue weighted by atomic mass is 9.93. The van der Waals surface area contributed by atoms with E-state index in [0.29, 0.717) is 25.6 Å². The molecule has 26 heavy (non-hydrogen) atoms. The van der Waals surface area contributed by atoms with Gasteiger partial charge in [0.15, 0.2) is 0 Å². The number of amides is 2. The summed E-state index contributed by atoms with van der Waals surface area (Å²) in [5.41, 5.74) is 2.59. The Kier molecular flexibility index (Phi) is 6.06. The maximum atomic E-state index is 12.4. The van der Waals surface area contributed by atoms with E-state index >= 15 is 0 Å². The van der Waals surface area contributed by atoms with Crippen LogP contribution in [0.15, 0.2) is 24.3 Å². The molecule has 4 nitrogen and oxygen atoms in total. The lowest BCUT2D eigenvalue weighted by molar-refractivity contribution is -0.148. The zero-order valence-corrected chi connectivity index (χ0v) is 14.8. The molecule has 144 valence electrons. The van der Waals surface area contributed by atoms with Gasteiger partial charge in [-0.05, 0) is 62.2 Å². The van der Waals surface area contributed by atoms with Gasteiger partial charge in [-0.25, -0.2) is 4.79 Å². The van der Waals surface area contributed by atoms with Crippen molar-refractivity contribution >= 4 is 6.03 Å². The smallest absolute Gasteiger partial charge is 0.338 e. The number of alkyl halides is 3. The molecule has 0 bridgehead atoms. The highest BCUT2D eigenvalue weighted by atomic mass is 19.4. The molecule has 0 radical (unpaired) electrons. The van der Waals surface area contributed by atoms with E-state index in [-0.39, 0.29) is 12.1 Å². The summed E-state index contributed by atoms with van der Waals surface area (Å²) in [6.07, 6.45) is -0.0539. The van der Waals surface area contributed by atoms with Crippen molar-refractivity contribution in [1.82, 2.24) is 15.5 Å². The quantitative estimate of drug-likeness (QED) is 0.838. The highest BCUT2D eigenvalue weighted by Crippen LogP contribution is 2.24. The van der Waals surface area contributed by atoms with Gasteiger partial charge in [-0.1, -0.05) is 24.3 Å². The van der Waals surface area contributed by atoms with Crippen molar-refractivity contribution in [3.63, 3.8) is 0 Å². The fraction of sp³-hybridized carbons (Fsp3) is 0.632. The van der Waals surface area contributed by atoms with Crippen LogP contribution in [0.5, 0.6) is 0 Å². The monoisotopic (exact) mass is 369 g/mol. The standard InChI is InChI=1S/C19H26F3N3O/c20-19(21,22)13-25-9-6-14(7-10-25)5-8-23-18(26)24-17-11-15-3-1-2-4-16(15)12-17/h1-4,14,17H,5-13H2,(H2,23,24,26). The molecule has 0 aromatic heterocycles. The molecule has 0 unspecified atom stereocenters. The molecule has 1 aromatic rings. The van der Waals surface area contributed by atoms with Crippen molar-refractivity contribution in [3.8, 4) is 0 Å². The molecule has 2 aliphatic rings. The molecule has 1 aliphatic carbocycles. The number of carbonyl (C=O) groups is 1. The van der Waals surface area contributed by atoms with E-state index in [1.54, 1.807) is 0 Å². The topological polar surface area (TPSA) is 44.4 Å². The predicted octanol–water partition coefficient (Wildman–Crippen LogP) is 3.12. The number of nitrogens with one attached hydrogen (secondary N) is 2. The molecular weight excluding hydrogens is 343 g/mol. The van der Waals surface area contributed by atoms with Crippen LogP contribution in [0.3, 0.4) is 0 Å². The molecule has 0 atom stereocenters. The van der Waals surface area contributed by atoms with Crippen LogP contribution in [-0.4, -0.2) is 49.3 Å². The van der Waals surface area contributed by atoms with E-state index in [1.165, 1.54) is 16.0 Å². The van der Waals surface area contributed by atoms with E-state index in [9.17, 15) is 18.0 Å². The van der Waals surface area contributed by atoms with Crippen LogP contribution in [0.4, 0.5) is 18.0 Å². The lowest BCUT2D eigenvalue weighted by Gasteiger charge is -2.32. The van der Waals surface area contributed by atoms with Gasteiger partial charge in [0.1, 0.15) is 0 Å². The number of hydrogen-bond acceptors (Lipinski definition) is 2. The van der Waals surface area contributed by atoms with Crippen molar-refractivity contribution in [2.75, 3.05) is 26.2 Å². The molecule has 1 aliphatic heterocycles. The van der Waals surface area contributed by atoms with E-state index in [4.69, 9.17) is 0 Å². The van der Waals surface area contributed by atoms with Gasteiger partial charge < -0.3 is 10.6 Å². The van der Waals surface area contributed by atoms with Crippen molar-refractivity contribution in [2.45, 2.75) is 44.3 Å². The summed E-state index contributed by atoms with van der Waals surface area (Å²) in [5.74, 6) is 0.385. The molecule has 1 fully saturated rings. The van der Waals surface area contributed by atoms with Gasteiger partial charge in [-0.2, -0.15) is 13.2 Å². The van der Waals surface area contributed by atoms with E-state index in [2.05, 4.69) is 22.8 Å². The fourth-order valence-electron chi connectivity index (χ4n) is 3.97. The minimum atomic E-state index is -4.12. The zero-order chi connectivity index (χ0) is 18.6. The minimum Gasteiger partial charge on any atom is -0.338 e. The number of halogens is 3. The molecule has 0 spiro atoms. The average Bonchev–Trinajstić information content (AvgIpc) is 2.97. The summed E-state index contributed by atoms with van der Waals surface area (Å²) in [6.45, 7) is 0.715. The van der Waals surface area contributed by atoms with Gasteiger partial charge in [0.25, 0.3) is 0 Å². The van der Waals surface area contributed by atoms with E-state index in [0.717, 1.165) is 32.1 Å². The molecule has 3 rings (SSSR count). The zero-order valence-electron chi connectivity index (χ0n) is 14.8. The van der Waals surface area contributed by atoms with Crippen LogP contribution in [0, 0.1) is 5.92 Å². The summed E-state index contributed by atoms with van der Waals surface area (Å²) in [6, 6.07) is 8.21. The van der Waals surface area contributed by atoms with Gasteiger partial charge in [0.05, 0.1) is 6.54 Å². The molecule has 1 aromatic carbocycles. The maximum absolute atomic E-state index is 12.4. The molecule has 2 amide bonds. The Bertz CT molecular complexity index is 587. The number of carbonyl (C=O) groups excluding carboxylic acids is 1. The minimum absolute atomic E-state index is 0.137. The third-order valence-corrected chi connectivity index (χ3v) is 5.33. The third kappa shape index (κ3) is 5.62. The fourth-order valence-corrected chi connectivity index (χ4v) is 3.97. The number of piperidine rings is 1. The van der Waals surface area contributed by atoms with E-state index in [1.807, 2.05) is 12.1 Å². The first-order valence-electron chi connectivity index (χ1n) is 9.29. The van der Waals surface area contributed by atoms with Crippen molar-refractivity contribution in [3.05, 3.63) is 35.4 Å². The second kappa shape index (κ2) is 8.29. The molecule has 1 heterocycles. The largest absolute Gasteiger partial charge is 0.401 e. The maximum Gasteiger partial charge on any atom is 0.401 e. The SMILES string of the molecule is O=C(NCCC1CCN(CC(F)(F)F)CC1)NC1Cc2ccccc2C1. The third-order valence-electron chi connectivity index (χ3n) is 5.33. The Morgan fingerprint density at radius 1 is 1.12 bits per heavy atom. The number of nitrogens with zero attached hydrogens (tertiary/aromatic N) is 1. The molecule has 7 heteroatoms. The number of urea groups is 1. The summed E-state index contributed by atoms with van der Waals surface area (Å²) < 4.78 is 37.2. The van der Waals surface area contributed by atoms with Crippen LogP contribution < -0.4 is 10.6 Å². The Morgan fingerprint density at radius 3 is 2.31 bits per heavy atom. The summed E-state index contributed by atoms with van der Waals surface area (Å²) >= 11 is 0. The first-order chi connectivity index (χ1) is 12.4. The predicted molar refractivity (Wildman–Crippen MR) is 94.0 cm³/mol. The first-order valence-corrected chi connectivity index (χ1v) is 9.29. The Labute approximate surface area is 152 Å². The highest BCUT2D eigenvalue weighted by molar-refractivity contribution is 5.74. The Hall–Kier alpha value is -1.76. The van der Waals surface area contributed by atoms with Crippen LogP contribution in [0.1, 0.15) is 30.4 Å². The summed E-state index contributed by atoms with van der Waals surface area (Å²) in [4.78, 5) is 13.5. The van der Waals surface area contributed by atoms with Gasteiger partial charge in [0.2, 0.25) is 0 Å². The van der Waals surface area contributed by atoms with E-state index < -0.39 is 12.7 Å². The van der Waals surface area contributed by atoms with Crippen molar-refractivity contribution < 1.29 is 18.0 Å². The summed E-state index contributed by atoms with van der Waals surface area (Å²) in [7, 11) is 0. The molecule has 1 saturated heterocycles. The van der Waals surface area contributed by atoms with Crippen LogP contribution >= 0.6 is 0 Å². The number of hydrogen-bond donors (Lipinski definition) is 2.